The number of aliphatic hydroxyl groups excluding tert-OH is 1. The van der Waals surface area contributed by atoms with Gasteiger partial charge in [0.05, 0.1) is 52.4 Å². The van der Waals surface area contributed by atoms with Crippen LogP contribution in [0.15, 0.2) is 6.20 Å². The van der Waals surface area contributed by atoms with Gasteiger partial charge in [-0.2, -0.15) is 0 Å². The molecule has 0 bridgehead atoms. The van der Waals surface area contributed by atoms with Crippen LogP contribution in [0.2, 0.25) is 0 Å². The molecule has 0 fully saturated rings. The lowest BCUT2D eigenvalue weighted by Gasteiger charge is -2.05. The van der Waals surface area contributed by atoms with Crippen LogP contribution in [0.1, 0.15) is 5.69 Å². The summed E-state index contributed by atoms with van der Waals surface area (Å²) in [5, 5.41) is 16.4. The van der Waals surface area contributed by atoms with Gasteiger partial charge in [0.15, 0.2) is 0 Å². The number of hydrogen-bond donors (Lipinski definition) is 1. The van der Waals surface area contributed by atoms with Crippen LogP contribution < -0.4 is 0 Å². The molecule has 1 rings (SSSR count). The monoisotopic (exact) mass is 245 g/mol. The lowest BCUT2D eigenvalue weighted by molar-refractivity contribution is 0.0224. The summed E-state index contributed by atoms with van der Waals surface area (Å²) in [6.45, 7) is 3.36. The van der Waals surface area contributed by atoms with Crippen LogP contribution in [-0.2, 0) is 27.4 Å². The number of rotatable bonds is 10. The molecule has 1 aromatic rings. The summed E-state index contributed by atoms with van der Waals surface area (Å²) < 4.78 is 17.0. The topological polar surface area (TPSA) is 78.6 Å². The van der Waals surface area contributed by atoms with Crippen LogP contribution in [-0.4, -0.2) is 60.2 Å². The summed E-state index contributed by atoms with van der Waals surface area (Å²) in [6.07, 6.45) is 1.69. The molecule has 0 aromatic carbocycles. The molecule has 0 atom stereocenters. The Bertz CT molecular complexity index is 293. The fourth-order valence-electron chi connectivity index (χ4n) is 1.14. The molecule has 0 saturated heterocycles. The highest BCUT2D eigenvalue weighted by atomic mass is 16.5. The summed E-state index contributed by atoms with van der Waals surface area (Å²) in [5.41, 5.74) is 0.563. The first-order chi connectivity index (χ1) is 8.36. The molecule has 7 nitrogen and oxygen atoms in total. The summed E-state index contributed by atoms with van der Waals surface area (Å²) in [5.74, 6) is 0. The smallest absolute Gasteiger partial charge is 0.108 e. The van der Waals surface area contributed by atoms with Crippen molar-refractivity contribution in [1.29, 1.82) is 0 Å². The molecule has 0 aliphatic heterocycles. The highest BCUT2D eigenvalue weighted by Gasteiger charge is 1.98. The number of aliphatic hydroxyl groups is 1. The third-order valence-corrected chi connectivity index (χ3v) is 2.02. The van der Waals surface area contributed by atoms with Crippen molar-refractivity contribution in [2.45, 2.75) is 13.2 Å². The van der Waals surface area contributed by atoms with E-state index in [1.54, 1.807) is 18.0 Å². The van der Waals surface area contributed by atoms with Crippen molar-refractivity contribution in [3.63, 3.8) is 0 Å². The van der Waals surface area contributed by atoms with Crippen LogP contribution in [0.5, 0.6) is 0 Å². The van der Waals surface area contributed by atoms with Gasteiger partial charge in [0, 0.05) is 7.11 Å². The normalized spacial score (nSPS) is 10.9. The molecule has 0 amide bonds. The SMILES string of the molecule is COCCOCCOCCn1cc(CO)nn1. The molecule has 0 spiro atoms. The maximum atomic E-state index is 8.79. The second kappa shape index (κ2) is 9.06. The first kappa shape index (κ1) is 14.0. The molecule has 1 aromatic heterocycles. The van der Waals surface area contributed by atoms with Crippen LogP contribution in [0.4, 0.5) is 0 Å². The zero-order valence-electron chi connectivity index (χ0n) is 10.0. The fourth-order valence-corrected chi connectivity index (χ4v) is 1.14. The third kappa shape index (κ3) is 6.32. The van der Waals surface area contributed by atoms with Gasteiger partial charge in [0.25, 0.3) is 0 Å². The van der Waals surface area contributed by atoms with E-state index in [-0.39, 0.29) is 6.61 Å². The molecule has 7 heteroatoms. The highest BCUT2D eigenvalue weighted by molar-refractivity contribution is 4.88. The lowest BCUT2D eigenvalue weighted by Crippen LogP contribution is -2.12. The summed E-state index contributed by atoms with van der Waals surface area (Å²) >= 11 is 0. The van der Waals surface area contributed by atoms with E-state index >= 15 is 0 Å². The van der Waals surface area contributed by atoms with Crippen molar-refractivity contribution in [2.75, 3.05) is 40.1 Å². The number of nitrogens with zero attached hydrogens (tertiary/aromatic N) is 3. The van der Waals surface area contributed by atoms with Crippen LogP contribution in [0.3, 0.4) is 0 Å². The molecule has 1 heterocycles. The Morgan fingerprint density at radius 1 is 1.18 bits per heavy atom. The van der Waals surface area contributed by atoms with Gasteiger partial charge in [-0.15, -0.1) is 5.10 Å². The molecule has 17 heavy (non-hydrogen) atoms. The predicted molar refractivity (Wildman–Crippen MR) is 59.5 cm³/mol. The number of methoxy groups -OCH3 is 1. The highest BCUT2D eigenvalue weighted by Crippen LogP contribution is 1.92. The quantitative estimate of drug-likeness (QED) is 0.557. The van der Waals surface area contributed by atoms with E-state index in [1.807, 2.05) is 0 Å². The molecule has 0 unspecified atom stereocenters. The molecular weight excluding hydrogens is 226 g/mol. The Balaban J connectivity index is 1.93. The Labute approximate surface area is 100 Å². The van der Waals surface area contributed by atoms with Gasteiger partial charge < -0.3 is 19.3 Å². The Morgan fingerprint density at radius 2 is 1.88 bits per heavy atom. The van der Waals surface area contributed by atoms with Crippen molar-refractivity contribution in [2.24, 2.45) is 0 Å². The van der Waals surface area contributed by atoms with Gasteiger partial charge in [-0.3, -0.25) is 0 Å². The Kier molecular flexibility index (Phi) is 7.48. The van der Waals surface area contributed by atoms with Crippen LogP contribution >= 0.6 is 0 Å². The van der Waals surface area contributed by atoms with Crippen LogP contribution in [0, 0.1) is 0 Å². The van der Waals surface area contributed by atoms with Crippen LogP contribution in [0.25, 0.3) is 0 Å². The second-order valence-corrected chi connectivity index (χ2v) is 3.35. The molecule has 1 N–H and O–H groups in total. The van der Waals surface area contributed by atoms with Gasteiger partial charge in [-0.05, 0) is 0 Å². The van der Waals surface area contributed by atoms with E-state index in [4.69, 9.17) is 19.3 Å². The van der Waals surface area contributed by atoms with Gasteiger partial charge >= 0.3 is 0 Å². The van der Waals surface area contributed by atoms with Gasteiger partial charge in [0.2, 0.25) is 0 Å². The Hall–Kier alpha value is -1.02. The average Bonchev–Trinajstić information content (AvgIpc) is 2.80. The Morgan fingerprint density at radius 3 is 2.53 bits per heavy atom. The average molecular weight is 245 g/mol. The molecule has 0 aliphatic rings. The minimum absolute atomic E-state index is 0.0891. The van der Waals surface area contributed by atoms with Gasteiger partial charge in [-0.1, -0.05) is 5.21 Å². The largest absolute Gasteiger partial charge is 0.390 e. The van der Waals surface area contributed by atoms with E-state index in [9.17, 15) is 0 Å². The van der Waals surface area contributed by atoms with Crippen molar-refractivity contribution < 1.29 is 19.3 Å². The minimum Gasteiger partial charge on any atom is -0.390 e. The third-order valence-electron chi connectivity index (χ3n) is 2.02. The number of aromatic nitrogens is 3. The van der Waals surface area contributed by atoms with Crippen molar-refractivity contribution >= 4 is 0 Å². The zero-order valence-corrected chi connectivity index (χ0v) is 10.0. The van der Waals surface area contributed by atoms with Crippen molar-refractivity contribution in [3.05, 3.63) is 11.9 Å². The predicted octanol–water partition coefficient (Wildman–Crippen LogP) is -0.550. The van der Waals surface area contributed by atoms with E-state index in [0.29, 0.717) is 45.3 Å². The first-order valence-electron chi connectivity index (χ1n) is 5.51. The van der Waals surface area contributed by atoms with Crippen molar-refractivity contribution in [1.82, 2.24) is 15.0 Å². The van der Waals surface area contributed by atoms with E-state index < -0.39 is 0 Å². The molecule has 0 aliphatic carbocycles. The zero-order chi connectivity index (χ0) is 12.3. The number of ether oxygens (including phenoxy) is 3. The van der Waals surface area contributed by atoms with E-state index in [2.05, 4.69) is 10.3 Å². The minimum atomic E-state index is -0.0891. The summed E-state index contributed by atoms with van der Waals surface area (Å²) in [4.78, 5) is 0. The first-order valence-corrected chi connectivity index (χ1v) is 5.51. The second-order valence-electron chi connectivity index (χ2n) is 3.35. The van der Waals surface area contributed by atoms with E-state index in [1.165, 1.54) is 0 Å². The lowest BCUT2D eigenvalue weighted by atomic mass is 10.5. The standard InChI is InChI=1S/C10H19N3O4/c1-15-4-5-17-7-6-16-3-2-13-8-10(9-14)11-12-13/h8,14H,2-7,9H2,1H3. The van der Waals surface area contributed by atoms with Gasteiger partial charge in [-0.25, -0.2) is 4.68 Å². The molecular formula is C10H19N3O4. The number of hydrogen-bond acceptors (Lipinski definition) is 6. The summed E-state index contributed by atoms with van der Waals surface area (Å²) in [7, 11) is 1.64. The fraction of sp³-hybridized carbons (Fsp3) is 0.800. The maximum Gasteiger partial charge on any atom is 0.108 e. The molecule has 0 radical (unpaired) electrons. The maximum absolute atomic E-state index is 8.79. The molecule has 0 saturated carbocycles. The molecule has 98 valence electrons. The van der Waals surface area contributed by atoms with Gasteiger partial charge in [0.1, 0.15) is 5.69 Å². The summed E-state index contributed by atoms with van der Waals surface area (Å²) in [6, 6.07) is 0. The van der Waals surface area contributed by atoms with Crippen molar-refractivity contribution in [3.8, 4) is 0 Å². The van der Waals surface area contributed by atoms with E-state index in [0.717, 1.165) is 0 Å².